The van der Waals surface area contributed by atoms with Crippen molar-refractivity contribution < 1.29 is 0 Å². The first-order chi connectivity index (χ1) is 7.22. The van der Waals surface area contributed by atoms with E-state index in [9.17, 15) is 0 Å². The van der Waals surface area contributed by atoms with Crippen LogP contribution in [0.3, 0.4) is 0 Å². The van der Waals surface area contributed by atoms with E-state index in [1.165, 1.54) is 16.0 Å². The summed E-state index contributed by atoms with van der Waals surface area (Å²) in [6.45, 7) is 7.83. The predicted octanol–water partition coefficient (Wildman–Crippen LogP) is 4.79. The highest BCUT2D eigenvalue weighted by atomic mass is 32.2. The molecule has 0 aliphatic rings. The molecule has 0 N–H and O–H groups in total. The predicted molar refractivity (Wildman–Crippen MR) is 71.8 cm³/mol. The summed E-state index contributed by atoms with van der Waals surface area (Å²) in [7, 11) is 0. The van der Waals surface area contributed by atoms with Gasteiger partial charge >= 0.3 is 0 Å². The van der Waals surface area contributed by atoms with Crippen LogP contribution in [0.1, 0.15) is 18.1 Å². The molecule has 0 heterocycles. The van der Waals surface area contributed by atoms with Crippen molar-refractivity contribution in [3.63, 3.8) is 0 Å². The molecule has 0 unspecified atom stereocenters. The third-order valence-electron chi connectivity index (χ3n) is 1.94. The maximum Gasteiger partial charge on any atom is -0.0140 e. The quantitative estimate of drug-likeness (QED) is 0.652. The highest BCUT2D eigenvalue weighted by Gasteiger charge is 1.87. The second-order valence-corrected chi connectivity index (χ2v) is 4.50. The fraction of sp³-hybridized carbons (Fsp3) is 0.143. The van der Waals surface area contributed by atoms with Gasteiger partial charge in [-0.05, 0) is 35.8 Å². The number of benzene rings is 1. The molecule has 1 rings (SSSR count). The van der Waals surface area contributed by atoms with E-state index in [1.807, 2.05) is 12.2 Å². The summed E-state index contributed by atoms with van der Waals surface area (Å²) < 4.78 is 0. The zero-order valence-electron chi connectivity index (χ0n) is 9.23. The van der Waals surface area contributed by atoms with Crippen LogP contribution >= 0.6 is 11.8 Å². The van der Waals surface area contributed by atoms with Crippen LogP contribution in [-0.4, -0.2) is 0 Å². The summed E-state index contributed by atoms with van der Waals surface area (Å²) >= 11 is 1.71. The first-order valence-electron chi connectivity index (χ1n) is 4.91. The molecule has 0 aromatic heterocycles. The molecular weight excluding hydrogens is 200 g/mol. The molecule has 1 aromatic rings. The van der Waals surface area contributed by atoms with E-state index in [-0.39, 0.29) is 0 Å². The molecule has 0 aliphatic heterocycles. The van der Waals surface area contributed by atoms with Gasteiger partial charge in [-0.3, -0.25) is 0 Å². The summed E-state index contributed by atoms with van der Waals surface area (Å²) in [5, 5.41) is 2.10. The summed E-state index contributed by atoms with van der Waals surface area (Å²) in [5.74, 6) is 0. The zero-order chi connectivity index (χ0) is 11.1. The Bertz CT molecular complexity index is 369. The molecule has 0 nitrogen and oxygen atoms in total. The van der Waals surface area contributed by atoms with E-state index < -0.39 is 0 Å². The Morgan fingerprint density at radius 3 is 2.53 bits per heavy atom. The van der Waals surface area contributed by atoms with Gasteiger partial charge in [0, 0.05) is 0 Å². The van der Waals surface area contributed by atoms with Crippen molar-refractivity contribution in [2.75, 3.05) is 0 Å². The van der Waals surface area contributed by atoms with Gasteiger partial charge in [-0.1, -0.05) is 48.6 Å². The minimum Gasteiger partial charge on any atom is -0.103 e. The molecule has 78 valence electrons. The van der Waals surface area contributed by atoms with E-state index >= 15 is 0 Å². The Morgan fingerprint density at radius 2 is 1.93 bits per heavy atom. The van der Waals surface area contributed by atoms with E-state index in [0.29, 0.717) is 0 Å². The summed E-state index contributed by atoms with van der Waals surface area (Å²) in [5.41, 5.74) is 2.53. The number of hydrogen-bond donors (Lipinski definition) is 0. The Kier molecular flexibility index (Phi) is 4.99. The summed E-state index contributed by atoms with van der Waals surface area (Å²) in [6, 6.07) is 8.49. The highest BCUT2D eigenvalue weighted by Crippen LogP contribution is 2.17. The molecular formula is C14H16S. The monoisotopic (exact) mass is 216 g/mol. The minimum atomic E-state index is 1.24. The van der Waals surface area contributed by atoms with Gasteiger partial charge in [0.05, 0.1) is 0 Å². The zero-order valence-corrected chi connectivity index (χ0v) is 10.1. The first-order valence-corrected chi connectivity index (χ1v) is 5.79. The second kappa shape index (κ2) is 6.31. The molecule has 0 spiro atoms. The average molecular weight is 216 g/mol. The molecule has 15 heavy (non-hydrogen) atoms. The lowest BCUT2D eigenvalue weighted by Gasteiger charge is -1.95. The van der Waals surface area contributed by atoms with Gasteiger partial charge in [0.1, 0.15) is 0 Å². The number of aryl methyl sites for hydroxylation is 1. The standard InChI is InChI=1S/C14H16S/c1-4-5-13(3)15-11-10-14-8-6-12(2)7-9-14/h4-11H,1H2,2-3H3/b11-10+,13-5-. The van der Waals surface area contributed by atoms with E-state index in [1.54, 1.807) is 11.8 Å². The van der Waals surface area contributed by atoms with Crippen LogP contribution < -0.4 is 0 Å². The molecule has 0 amide bonds. The maximum atomic E-state index is 3.66. The van der Waals surface area contributed by atoms with Crippen molar-refractivity contribution in [3.05, 3.63) is 64.4 Å². The Hall–Kier alpha value is -1.21. The van der Waals surface area contributed by atoms with Crippen molar-refractivity contribution in [2.24, 2.45) is 0 Å². The Morgan fingerprint density at radius 1 is 1.27 bits per heavy atom. The first kappa shape index (κ1) is 11.9. The van der Waals surface area contributed by atoms with Gasteiger partial charge in [-0.25, -0.2) is 0 Å². The number of thioether (sulfide) groups is 1. The van der Waals surface area contributed by atoms with Gasteiger partial charge in [-0.2, -0.15) is 0 Å². The van der Waals surface area contributed by atoms with Crippen LogP contribution in [0, 0.1) is 6.92 Å². The Balaban J connectivity index is 2.55. The van der Waals surface area contributed by atoms with E-state index in [0.717, 1.165) is 0 Å². The summed E-state index contributed by atoms with van der Waals surface area (Å²) in [6.07, 6.45) is 5.93. The molecule has 0 radical (unpaired) electrons. The lowest BCUT2D eigenvalue weighted by Crippen LogP contribution is -1.72. The highest BCUT2D eigenvalue weighted by molar-refractivity contribution is 8.05. The van der Waals surface area contributed by atoms with Crippen molar-refractivity contribution in [3.8, 4) is 0 Å². The molecule has 1 aromatic carbocycles. The maximum absolute atomic E-state index is 3.66. The number of rotatable bonds is 4. The second-order valence-electron chi connectivity index (χ2n) is 3.34. The van der Waals surface area contributed by atoms with Crippen LogP contribution in [0.2, 0.25) is 0 Å². The summed E-state index contributed by atoms with van der Waals surface area (Å²) in [4.78, 5) is 1.24. The molecule has 0 fully saturated rings. The normalized spacial score (nSPS) is 12.0. The Labute approximate surface area is 96.4 Å². The fourth-order valence-electron chi connectivity index (χ4n) is 1.10. The van der Waals surface area contributed by atoms with Crippen LogP contribution in [-0.2, 0) is 0 Å². The largest absolute Gasteiger partial charge is 0.103 e. The van der Waals surface area contributed by atoms with Gasteiger partial charge in [0.2, 0.25) is 0 Å². The van der Waals surface area contributed by atoms with Gasteiger partial charge in [0.25, 0.3) is 0 Å². The SMILES string of the molecule is C=C/C=C(/C)S/C=C/c1ccc(C)cc1. The molecule has 0 saturated carbocycles. The van der Waals surface area contributed by atoms with Crippen LogP contribution in [0.15, 0.2) is 53.3 Å². The topological polar surface area (TPSA) is 0 Å². The third kappa shape index (κ3) is 4.71. The van der Waals surface area contributed by atoms with E-state index in [2.05, 4.69) is 56.2 Å². The van der Waals surface area contributed by atoms with Crippen LogP contribution in [0.5, 0.6) is 0 Å². The van der Waals surface area contributed by atoms with Crippen LogP contribution in [0.4, 0.5) is 0 Å². The fourth-order valence-corrected chi connectivity index (χ4v) is 1.72. The van der Waals surface area contributed by atoms with E-state index in [4.69, 9.17) is 0 Å². The lowest BCUT2D eigenvalue weighted by molar-refractivity contribution is 1.46. The molecule has 0 bridgehead atoms. The molecule has 0 atom stereocenters. The van der Waals surface area contributed by atoms with Crippen molar-refractivity contribution in [2.45, 2.75) is 13.8 Å². The van der Waals surface area contributed by atoms with Crippen molar-refractivity contribution >= 4 is 17.8 Å². The third-order valence-corrected chi connectivity index (χ3v) is 2.72. The average Bonchev–Trinajstić information content (AvgIpc) is 2.21. The lowest BCUT2D eigenvalue weighted by atomic mass is 10.2. The van der Waals surface area contributed by atoms with Gasteiger partial charge in [0.15, 0.2) is 0 Å². The molecule has 0 aliphatic carbocycles. The number of allylic oxidation sites excluding steroid dienone is 3. The molecule has 0 saturated heterocycles. The van der Waals surface area contributed by atoms with Crippen molar-refractivity contribution in [1.29, 1.82) is 0 Å². The minimum absolute atomic E-state index is 1.24. The number of hydrogen-bond acceptors (Lipinski definition) is 1. The molecule has 1 heteroatoms. The van der Waals surface area contributed by atoms with Crippen molar-refractivity contribution in [1.82, 2.24) is 0 Å². The van der Waals surface area contributed by atoms with Gasteiger partial charge in [-0.15, -0.1) is 11.8 Å². The smallest absolute Gasteiger partial charge is 0.0140 e. The van der Waals surface area contributed by atoms with Crippen LogP contribution in [0.25, 0.3) is 6.08 Å². The van der Waals surface area contributed by atoms with Gasteiger partial charge < -0.3 is 0 Å².